The third-order valence-corrected chi connectivity index (χ3v) is 2.55. The second kappa shape index (κ2) is 4.20. The number of aliphatic hydroxyl groups excluding tert-OH is 2. The van der Waals surface area contributed by atoms with Gasteiger partial charge in [0.25, 0.3) is 5.56 Å². The fourth-order valence-corrected chi connectivity index (χ4v) is 1.70. The van der Waals surface area contributed by atoms with Crippen molar-refractivity contribution >= 4 is 0 Å². The minimum absolute atomic E-state index is 0.206. The van der Waals surface area contributed by atoms with Gasteiger partial charge in [0, 0.05) is 18.7 Å². The number of ether oxygens (including phenoxy) is 1. The first-order chi connectivity index (χ1) is 7.61. The highest BCUT2D eigenvalue weighted by Gasteiger charge is 2.34. The Hall–Kier alpha value is -1.44. The molecule has 0 radical (unpaired) electrons. The van der Waals surface area contributed by atoms with Crippen molar-refractivity contribution in [2.45, 2.75) is 24.9 Å². The van der Waals surface area contributed by atoms with Gasteiger partial charge in [-0.1, -0.05) is 0 Å². The largest absolute Gasteiger partial charge is 0.394 e. The first kappa shape index (κ1) is 11.1. The summed E-state index contributed by atoms with van der Waals surface area (Å²) in [6.45, 7) is -0.310. The third kappa shape index (κ3) is 1.92. The van der Waals surface area contributed by atoms with E-state index in [2.05, 4.69) is 4.98 Å². The van der Waals surface area contributed by atoms with Gasteiger partial charge in [0.05, 0.1) is 12.7 Å². The lowest BCUT2D eigenvalue weighted by atomic mass is 10.5. The fourth-order valence-electron chi connectivity index (χ4n) is 1.70. The first-order valence-electron chi connectivity index (χ1n) is 4.87. The number of nitrogens with one attached hydrogen (secondary N) is 1. The van der Waals surface area contributed by atoms with Crippen LogP contribution in [-0.2, 0) is 4.74 Å². The summed E-state index contributed by atoms with van der Waals surface area (Å²) in [4.78, 5) is 24.3. The molecule has 0 bridgehead atoms. The van der Waals surface area contributed by atoms with Crippen LogP contribution in [0.1, 0.15) is 12.6 Å². The van der Waals surface area contributed by atoms with Gasteiger partial charge < -0.3 is 14.9 Å². The quantitative estimate of drug-likeness (QED) is 0.519. The van der Waals surface area contributed by atoms with Crippen LogP contribution < -0.4 is 11.2 Å². The number of rotatable bonds is 2. The van der Waals surface area contributed by atoms with Gasteiger partial charge in [-0.15, -0.1) is 0 Å². The molecule has 0 aromatic carbocycles. The molecule has 2 heterocycles. The summed E-state index contributed by atoms with van der Waals surface area (Å²) >= 11 is 0. The highest BCUT2D eigenvalue weighted by molar-refractivity contribution is 4.88. The second-order valence-corrected chi connectivity index (χ2v) is 3.63. The Bertz CT molecular complexity index is 479. The van der Waals surface area contributed by atoms with Crippen molar-refractivity contribution in [2.75, 3.05) is 6.61 Å². The van der Waals surface area contributed by atoms with Crippen LogP contribution in [0.3, 0.4) is 0 Å². The molecule has 0 spiro atoms. The zero-order valence-electron chi connectivity index (χ0n) is 8.37. The Morgan fingerprint density at radius 1 is 1.56 bits per heavy atom. The van der Waals surface area contributed by atoms with Crippen LogP contribution >= 0.6 is 0 Å². The van der Waals surface area contributed by atoms with E-state index in [1.165, 1.54) is 16.8 Å². The molecule has 1 aromatic heterocycles. The molecule has 1 aliphatic heterocycles. The van der Waals surface area contributed by atoms with Crippen molar-refractivity contribution in [2.24, 2.45) is 0 Å². The minimum atomic E-state index is -0.811. The van der Waals surface area contributed by atoms with Gasteiger partial charge in [-0.3, -0.25) is 14.3 Å². The smallest absolute Gasteiger partial charge is 0.330 e. The molecular formula is C9H12N2O5. The molecule has 1 aliphatic rings. The first-order valence-corrected chi connectivity index (χ1v) is 4.87. The molecule has 7 heteroatoms. The molecule has 7 nitrogen and oxygen atoms in total. The highest BCUT2D eigenvalue weighted by Crippen LogP contribution is 2.26. The summed E-state index contributed by atoms with van der Waals surface area (Å²) in [6.07, 6.45) is -0.649. The Balaban J connectivity index is 2.27. The van der Waals surface area contributed by atoms with E-state index in [0.29, 0.717) is 0 Å². The molecule has 16 heavy (non-hydrogen) atoms. The summed E-state index contributed by atoms with van der Waals surface area (Å²) in [5.41, 5.74) is -1.08. The monoisotopic (exact) mass is 230 g/mol. The van der Waals surface area contributed by atoms with Crippen LogP contribution in [0.5, 0.6) is 0 Å². The molecule has 1 fully saturated rings. The number of aliphatic hydroxyl groups is 2. The van der Waals surface area contributed by atoms with E-state index in [1.807, 2.05) is 0 Å². The summed E-state index contributed by atoms with van der Waals surface area (Å²) in [6, 6.07) is 1.20. The molecule has 0 amide bonds. The summed E-state index contributed by atoms with van der Waals surface area (Å²) in [5, 5.41) is 18.4. The van der Waals surface area contributed by atoms with E-state index in [0.717, 1.165) is 0 Å². The van der Waals surface area contributed by atoms with Crippen molar-refractivity contribution in [3.63, 3.8) is 0 Å². The lowest BCUT2D eigenvalue weighted by molar-refractivity contribution is -0.0459. The number of hydrogen-bond acceptors (Lipinski definition) is 5. The Kier molecular flexibility index (Phi) is 2.90. The SMILES string of the molecule is O=c1ccn([C@H]2C[13C@H](O)[13C@@H](CO)O2)c(=O)[nH]1. The lowest BCUT2D eigenvalue weighted by Crippen LogP contribution is -2.31. The molecule has 1 aromatic rings. The zero-order valence-corrected chi connectivity index (χ0v) is 8.37. The zero-order chi connectivity index (χ0) is 11.7. The third-order valence-electron chi connectivity index (χ3n) is 2.55. The van der Waals surface area contributed by atoms with E-state index in [4.69, 9.17) is 9.84 Å². The van der Waals surface area contributed by atoms with Crippen molar-refractivity contribution in [3.8, 4) is 0 Å². The van der Waals surface area contributed by atoms with Crippen LogP contribution in [0.2, 0.25) is 0 Å². The molecule has 0 aliphatic carbocycles. The summed E-state index contributed by atoms with van der Waals surface area (Å²) < 4.78 is 6.45. The van der Waals surface area contributed by atoms with E-state index >= 15 is 0 Å². The second-order valence-electron chi connectivity index (χ2n) is 3.63. The average molecular weight is 230 g/mol. The van der Waals surface area contributed by atoms with Crippen molar-refractivity contribution in [1.82, 2.24) is 9.55 Å². The van der Waals surface area contributed by atoms with Crippen LogP contribution in [0.15, 0.2) is 21.9 Å². The number of nitrogens with zero attached hydrogens (tertiary/aromatic N) is 1. The number of hydrogen-bond donors (Lipinski definition) is 3. The lowest BCUT2D eigenvalue weighted by Gasteiger charge is -2.13. The molecule has 2 rings (SSSR count). The minimum Gasteiger partial charge on any atom is -0.394 e. The number of aromatic amines is 1. The van der Waals surface area contributed by atoms with Gasteiger partial charge in [0.2, 0.25) is 0 Å². The Morgan fingerprint density at radius 2 is 2.31 bits per heavy atom. The standard InChI is InChI=1S/C9H12N2O5/c12-4-6-5(13)3-8(16-6)11-2-1-7(14)10-9(11)15/h1-2,5-6,8,12-13H,3-4H2,(H,10,14,15)/t5-,6+,8+/m0/s1/i5+1,6+1. The maximum Gasteiger partial charge on any atom is 0.330 e. The molecule has 3 atom stereocenters. The van der Waals surface area contributed by atoms with Crippen LogP contribution in [0, 0.1) is 0 Å². The van der Waals surface area contributed by atoms with Crippen molar-refractivity contribution < 1.29 is 14.9 Å². The number of H-pyrrole nitrogens is 1. The van der Waals surface area contributed by atoms with Crippen LogP contribution in [-0.4, -0.2) is 38.6 Å². The van der Waals surface area contributed by atoms with Gasteiger partial charge in [0.15, 0.2) is 0 Å². The van der Waals surface area contributed by atoms with E-state index in [-0.39, 0.29) is 13.0 Å². The summed E-state index contributed by atoms with van der Waals surface area (Å²) in [7, 11) is 0. The Morgan fingerprint density at radius 3 is 2.88 bits per heavy atom. The van der Waals surface area contributed by atoms with Crippen molar-refractivity contribution in [1.29, 1.82) is 0 Å². The summed E-state index contributed by atoms with van der Waals surface area (Å²) in [5.74, 6) is 0. The molecule has 3 N–H and O–H groups in total. The van der Waals surface area contributed by atoms with Gasteiger partial charge in [-0.05, 0) is 0 Å². The van der Waals surface area contributed by atoms with Gasteiger partial charge in [0.1, 0.15) is 12.3 Å². The van der Waals surface area contributed by atoms with Crippen molar-refractivity contribution in [3.05, 3.63) is 33.1 Å². The normalized spacial score (nSPS) is 29.5. The Labute approximate surface area is 89.9 Å². The maximum absolute atomic E-state index is 11.4. The molecule has 0 saturated carbocycles. The number of aromatic nitrogens is 2. The topological polar surface area (TPSA) is 105 Å². The molecular weight excluding hydrogens is 218 g/mol. The van der Waals surface area contributed by atoms with E-state index < -0.39 is 29.7 Å². The maximum atomic E-state index is 11.4. The average Bonchev–Trinajstić information content (AvgIpc) is 2.59. The highest BCUT2D eigenvalue weighted by atomic mass is 16.6. The molecule has 1 saturated heterocycles. The van der Waals surface area contributed by atoms with Gasteiger partial charge in [-0.25, -0.2) is 4.79 Å². The van der Waals surface area contributed by atoms with Gasteiger partial charge in [-0.2, -0.15) is 0 Å². The van der Waals surface area contributed by atoms with Crippen LogP contribution in [0.4, 0.5) is 0 Å². The predicted octanol–water partition coefficient (Wildman–Crippen LogP) is -1.82. The predicted molar refractivity (Wildman–Crippen MR) is 52.9 cm³/mol. The molecule has 88 valence electrons. The van der Waals surface area contributed by atoms with E-state index in [1.54, 1.807) is 0 Å². The van der Waals surface area contributed by atoms with E-state index in [9.17, 15) is 14.7 Å². The van der Waals surface area contributed by atoms with Gasteiger partial charge >= 0.3 is 5.69 Å². The van der Waals surface area contributed by atoms with Crippen LogP contribution in [0.25, 0.3) is 0 Å². The fraction of sp³-hybridized carbons (Fsp3) is 0.556. The molecule has 0 unspecified atom stereocenters.